The van der Waals surface area contributed by atoms with E-state index in [9.17, 15) is 24.8 Å². The van der Waals surface area contributed by atoms with Crippen LogP contribution in [0.4, 0.5) is 5.95 Å². The SMILES string of the molecule is Nc1nc([O-])c2ncn([C@@H]3O[C@H](COP(=O)([O-])O)[C@@H](O)[C@H]3O)c2n1.[Rb+].[Rb+]. The van der Waals surface area contributed by atoms with Crippen molar-refractivity contribution in [2.24, 2.45) is 0 Å². The Kier molecular flexibility index (Phi) is 10.1. The average molecular weight is 532 g/mol. The molecule has 3 heterocycles. The minimum Gasteiger partial charge on any atom is -0.857 e. The molecular formula is C10H12N5O8PRb2. The summed E-state index contributed by atoms with van der Waals surface area (Å²) in [5, 5.41) is 31.7. The number of anilines is 1. The Labute approximate surface area is 244 Å². The van der Waals surface area contributed by atoms with Gasteiger partial charge in [0.25, 0.3) is 7.82 Å². The summed E-state index contributed by atoms with van der Waals surface area (Å²) < 4.78 is 21.3. The Morgan fingerprint density at radius 3 is 2.62 bits per heavy atom. The van der Waals surface area contributed by atoms with E-state index in [4.69, 9.17) is 15.4 Å². The summed E-state index contributed by atoms with van der Waals surface area (Å²) in [6, 6.07) is 0. The molecule has 0 saturated carbocycles. The predicted molar refractivity (Wildman–Crippen MR) is 70.9 cm³/mol. The first-order chi connectivity index (χ1) is 11.2. The van der Waals surface area contributed by atoms with E-state index in [1.807, 2.05) is 0 Å². The van der Waals surface area contributed by atoms with E-state index in [1.165, 1.54) is 0 Å². The number of nitrogen functional groups attached to an aromatic ring is 1. The van der Waals surface area contributed by atoms with Crippen molar-refractivity contribution >= 4 is 24.9 Å². The fourth-order valence-corrected chi connectivity index (χ4v) is 2.69. The first-order valence-electron chi connectivity index (χ1n) is 6.54. The van der Waals surface area contributed by atoms with Crippen LogP contribution in [0.1, 0.15) is 6.23 Å². The number of hydrogen-bond donors (Lipinski definition) is 4. The van der Waals surface area contributed by atoms with Crippen LogP contribution in [-0.2, 0) is 13.8 Å². The van der Waals surface area contributed by atoms with Gasteiger partial charge in [0.15, 0.2) is 11.9 Å². The summed E-state index contributed by atoms with van der Waals surface area (Å²) in [4.78, 5) is 30.3. The molecule has 0 radical (unpaired) electrons. The molecule has 2 aromatic rings. The number of aromatic nitrogens is 4. The summed E-state index contributed by atoms with van der Waals surface area (Å²) in [6.07, 6.45) is -4.40. The fourth-order valence-electron chi connectivity index (χ4n) is 2.36. The van der Waals surface area contributed by atoms with Crippen LogP contribution >= 0.6 is 7.82 Å². The molecule has 16 heteroatoms. The minimum absolute atomic E-state index is 0. The maximum atomic E-state index is 11.7. The van der Waals surface area contributed by atoms with E-state index in [-0.39, 0.29) is 133 Å². The summed E-state index contributed by atoms with van der Waals surface area (Å²) >= 11 is 0. The van der Waals surface area contributed by atoms with Crippen LogP contribution in [0.3, 0.4) is 0 Å². The zero-order chi connectivity index (χ0) is 17.6. The maximum absolute atomic E-state index is 11.7. The van der Waals surface area contributed by atoms with Crippen molar-refractivity contribution in [2.45, 2.75) is 24.5 Å². The Morgan fingerprint density at radius 1 is 1.35 bits per heavy atom. The second-order valence-corrected chi connectivity index (χ2v) is 6.22. The largest absolute Gasteiger partial charge is 1.00 e. The number of aliphatic hydroxyl groups is 2. The van der Waals surface area contributed by atoms with Crippen molar-refractivity contribution in [1.29, 1.82) is 0 Å². The van der Waals surface area contributed by atoms with E-state index < -0.39 is 44.8 Å². The quantitative estimate of drug-likeness (QED) is 0.271. The molecule has 0 amide bonds. The molecule has 13 nitrogen and oxygen atoms in total. The third-order valence-electron chi connectivity index (χ3n) is 3.42. The van der Waals surface area contributed by atoms with Gasteiger partial charge in [-0.1, -0.05) is 0 Å². The molecule has 5 atom stereocenters. The molecular weight excluding hydrogens is 520 g/mol. The van der Waals surface area contributed by atoms with Crippen LogP contribution < -0.4 is 132 Å². The van der Waals surface area contributed by atoms with Gasteiger partial charge in [-0.3, -0.25) is 9.13 Å². The molecule has 132 valence electrons. The number of fused-ring (bicyclic) bond motifs is 1. The third kappa shape index (κ3) is 5.67. The zero-order valence-corrected chi connectivity index (χ0v) is 24.5. The van der Waals surface area contributed by atoms with Gasteiger partial charge in [0.05, 0.1) is 12.9 Å². The number of hydrogen-bond acceptors (Lipinski definition) is 11. The molecule has 1 saturated heterocycles. The fraction of sp³-hybridized carbons (Fsp3) is 0.500. The monoisotopic (exact) mass is 531 g/mol. The molecule has 1 unspecified atom stereocenters. The molecule has 26 heavy (non-hydrogen) atoms. The maximum Gasteiger partial charge on any atom is 1.00 e. The van der Waals surface area contributed by atoms with Gasteiger partial charge in [0.1, 0.15) is 23.8 Å². The molecule has 0 bridgehead atoms. The Balaban J connectivity index is 0.00000169. The Bertz CT molecular complexity index is 818. The first kappa shape index (κ1) is 25.8. The van der Waals surface area contributed by atoms with E-state index in [0.29, 0.717) is 0 Å². The van der Waals surface area contributed by atoms with Gasteiger partial charge < -0.3 is 40.1 Å². The summed E-state index contributed by atoms with van der Waals surface area (Å²) in [7, 11) is -5.02. The van der Waals surface area contributed by atoms with Crippen LogP contribution in [0.15, 0.2) is 6.33 Å². The van der Waals surface area contributed by atoms with Crippen molar-refractivity contribution in [3.05, 3.63) is 6.33 Å². The molecule has 1 fully saturated rings. The third-order valence-corrected chi connectivity index (χ3v) is 3.90. The molecule has 1 aliphatic rings. The summed E-state index contributed by atoms with van der Waals surface area (Å²) in [6.45, 7) is -0.720. The molecule has 0 aliphatic carbocycles. The second-order valence-electron chi connectivity index (χ2n) is 5.02. The Morgan fingerprint density at radius 2 is 2.00 bits per heavy atom. The van der Waals surface area contributed by atoms with Gasteiger partial charge >= 0.3 is 116 Å². The number of nitrogens with two attached hydrogens (primary N) is 1. The number of ether oxygens (including phenoxy) is 1. The topological polar surface area (TPSA) is 212 Å². The molecule has 0 spiro atoms. The smallest absolute Gasteiger partial charge is 0.857 e. The van der Waals surface area contributed by atoms with Crippen molar-refractivity contribution in [1.82, 2.24) is 19.5 Å². The van der Waals surface area contributed by atoms with Crippen molar-refractivity contribution in [3.8, 4) is 5.88 Å². The van der Waals surface area contributed by atoms with E-state index in [2.05, 4.69) is 19.5 Å². The number of aliphatic hydroxyl groups excluding tert-OH is 2. The van der Waals surface area contributed by atoms with Gasteiger partial charge in [-0.25, -0.2) is 9.97 Å². The summed E-state index contributed by atoms with van der Waals surface area (Å²) in [5.41, 5.74) is 5.26. The van der Waals surface area contributed by atoms with Crippen molar-refractivity contribution < 1.29 is 155 Å². The number of rotatable bonds is 4. The average Bonchev–Trinajstić information content (AvgIpc) is 3.00. The van der Waals surface area contributed by atoms with Gasteiger partial charge in [-0.15, -0.1) is 0 Å². The molecule has 2 aromatic heterocycles. The van der Waals surface area contributed by atoms with Gasteiger partial charge in [-0.2, -0.15) is 4.98 Å². The predicted octanol–water partition coefficient (Wildman–Crippen LogP) is -9.41. The molecule has 5 N–H and O–H groups in total. The van der Waals surface area contributed by atoms with E-state index >= 15 is 0 Å². The van der Waals surface area contributed by atoms with E-state index in [0.717, 1.165) is 10.9 Å². The number of phosphoric acid groups is 1. The van der Waals surface area contributed by atoms with Crippen LogP contribution in [-0.4, -0.2) is 59.5 Å². The number of phosphoric ester groups is 1. The normalized spacial score (nSPS) is 27.5. The van der Waals surface area contributed by atoms with Crippen LogP contribution in [0.5, 0.6) is 5.88 Å². The summed E-state index contributed by atoms with van der Waals surface area (Å²) in [5.74, 6) is -1.04. The van der Waals surface area contributed by atoms with Gasteiger partial charge in [0, 0.05) is 5.88 Å². The van der Waals surface area contributed by atoms with Gasteiger partial charge in [-0.05, 0) is 0 Å². The molecule has 1 aliphatic heterocycles. The molecule has 3 rings (SSSR count). The van der Waals surface area contributed by atoms with E-state index in [1.54, 1.807) is 0 Å². The van der Waals surface area contributed by atoms with Gasteiger partial charge in [0.2, 0.25) is 5.95 Å². The number of imidazole rings is 1. The Hall–Kier alpha value is 1.75. The van der Waals surface area contributed by atoms with Crippen LogP contribution in [0.25, 0.3) is 11.2 Å². The first-order valence-corrected chi connectivity index (χ1v) is 8.04. The molecule has 0 aromatic carbocycles. The van der Waals surface area contributed by atoms with Crippen LogP contribution in [0.2, 0.25) is 0 Å². The van der Waals surface area contributed by atoms with Crippen LogP contribution in [0, 0.1) is 0 Å². The van der Waals surface area contributed by atoms with Crippen molar-refractivity contribution in [3.63, 3.8) is 0 Å². The van der Waals surface area contributed by atoms with Crippen molar-refractivity contribution in [2.75, 3.05) is 12.3 Å². The standard InChI is InChI=1S/C10H14N5O8P.2Rb/c11-10-13-7-4(8(18)14-10)12-2-15(7)9-6(17)5(16)3(23-9)1-22-24(19,20)21;;/h2-3,5-6,9,16-17H,1H2,(H2,19,20,21)(H3,11,13,14,18);;/q;2*+1/p-2/t3-,5-,6-,9-;;/m1../s1. The minimum atomic E-state index is -5.02. The number of nitrogens with zero attached hydrogens (tertiary/aromatic N) is 4. The zero-order valence-electron chi connectivity index (χ0n) is 13.8. The second kappa shape index (κ2) is 10.2.